The van der Waals surface area contributed by atoms with Gasteiger partial charge in [-0.25, -0.2) is 0 Å². The molecule has 0 unspecified atom stereocenters. The van der Waals surface area contributed by atoms with Gasteiger partial charge in [0.2, 0.25) is 0 Å². The predicted octanol–water partition coefficient (Wildman–Crippen LogP) is 1.09. The van der Waals surface area contributed by atoms with E-state index in [2.05, 4.69) is 5.92 Å². The van der Waals surface area contributed by atoms with Gasteiger partial charge >= 0.3 is 5.97 Å². The number of para-hydroxylation sites is 2. The van der Waals surface area contributed by atoms with Crippen LogP contribution in [-0.4, -0.2) is 49.3 Å². The van der Waals surface area contributed by atoms with Crippen LogP contribution in [0.4, 0.5) is 0 Å². The molecule has 19 heavy (non-hydrogen) atoms. The molecule has 0 aliphatic heterocycles. The highest BCUT2D eigenvalue weighted by molar-refractivity contribution is 5.69. The van der Waals surface area contributed by atoms with Crippen molar-refractivity contribution in [1.82, 2.24) is 4.90 Å². The van der Waals surface area contributed by atoms with Crippen molar-refractivity contribution in [3.05, 3.63) is 24.3 Å². The molecule has 0 saturated carbocycles. The molecule has 0 aromatic heterocycles. The summed E-state index contributed by atoms with van der Waals surface area (Å²) in [5, 5.41) is 8.74. The van der Waals surface area contributed by atoms with Gasteiger partial charge in [-0.3, -0.25) is 9.69 Å². The van der Waals surface area contributed by atoms with E-state index in [1.54, 1.807) is 24.1 Å². The van der Waals surface area contributed by atoms with E-state index in [4.69, 9.17) is 21.0 Å². The van der Waals surface area contributed by atoms with Crippen molar-refractivity contribution >= 4 is 5.97 Å². The highest BCUT2D eigenvalue weighted by Gasteiger charge is 2.09. The number of nitrogens with zero attached hydrogens (tertiary/aromatic N) is 1. The largest absolute Gasteiger partial charge is 0.493 e. The summed E-state index contributed by atoms with van der Waals surface area (Å²) in [6, 6.07) is 7.28. The molecule has 1 aromatic carbocycles. The molecule has 0 atom stereocenters. The van der Waals surface area contributed by atoms with Crippen molar-refractivity contribution in [2.45, 2.75) is 0 Å². The summed E-state index contributed by atoms with van der Waals surface area (Å²) in [7, 11) is 1.57. The van der Waals surface area contributed by atoms with Gasteiger partial charge in [0, 0.05) is 6.54 Å². The van der Waals surface area contributed by atoms with Gasteiger partial charge in [0.15, 0.2) is 11.5 Å². The van der Waals surface area contributed by atoms with Gasteiger partial charge in [-0.15, -0.1) is 6.42 Å². The lowest BCUT2D eigenvalue weighted by Crippen LogP contribution is -2.33. The van der Waals surface area contributed by atoms with Crippen LogP contribution in [0.15, 0.2) is 24.3 Å². The average molecular weight is 263 g/mol. The Morgan fingerprint density at radius 3 is 2.68 bits per heavy atom. The van der Waals surface area contributed by atoms with Crippen LogP contribution in [0.2, 0.25) is 0 Å². The Morgan fingerprint density at radius 2 is 2.11 bits per heavy atom. The van der Waals surface area contributed by atoms with Gasteiger partial charge < -0.3 is 14.6 Å². The van der Waals surface area contributed by atoms with Gasteiger partial charge in [0.1, 0.15) is 6.61 Å². The van der Waals surface area contributed by atoms with Crippen LogP contribution in [0, 0.1) is 12.3 Å². The van der Waals surface area contributed by atoms with E-state index in [0.29, 0.717) is 24.7 Å². The third-order valence-corrected chi connectivity index (χ3v) is 2.41. The first-order valence-corrected chi connectivity index (χ1v) is 5.80. The maximum absolute atomic E-state index is 10.6. The first-order valence-electron chi connectivity index (χ1n) is 5.80. The van der Waals surface area contributed by atoms with Crippen LogP contribution in [0.1, 0.15) is 0 Å². The first-order chi connectivity index (χ1) is 9.17. The lowest BCUT2D eigenvalue weighted by atomic mass is 10.3. The summed E-state index contributed by atoms with van der Waals surface area (Å²) in [5.41, 5.74) is 0. The fourth-order valence-corrected chi connectivity index (χ4v) is 1.56. The second-order valence-electron chi connectivity index (χ2n) is 3.81. The number of rotatable bonds is 8. The number of carboxylic acids is 1. The number of hydrogen-bond donors (Lipinski definition) is 1. The zero-order valence-corrected chi connectivity index (χ0v) is 10.8. The SMILES string of the molecule is C#CCN(CCOc1ccccc1OC)CC(=O)O. The fraction of sp³-hybridized carbons (Fsp3) is 0.357. The minimum absolute atomic E-state index is 0.0977. The Hall–Kier alpha value is -2.19. The van der Waals surface area contributed by atoms with Gasteiger partial charge in [-0.2, -0.15) is 0 Å². The molecule has 0 saturated heterocycles. The highest BCUT2D eigenvalue weighted by Crippen LogP contribution is 2.25. The smallest absolute Gasteiger partial charge is 0.317 e. The van der Waals surface area contributed by atoms with E-state index in [9.17, 15) is 4.79 Å². The van der Waals surface area contributed by atoms with Gasteiger partial charge in [-0.1, -0.05) is 18.1 Å². The van der Waals surface area contributed by atoms with E-state index in [0.717, 1.165) is 0 Å². The topological polar surface area (TPSA) is 59.0 Å². The first kappa shape index (κ1) is 14.9. The molecule has 1 N–H and O–H groups in total. The monoisotopic (exact) mass is 263 g/mol. The molecule has 1 aromatic rings. The quantitative estimate of drug-likeness (QED) is 0.712. The van der Waals surface area contributed by atoms with Gasteiger partial charge in [-0.05, 0) is 12.1 Å². The number of terminal acetylenes is 1. The Bertz CT molecular complexity index is 453. The third kappa shape index (κ3) is 5.32. The van der Waals surface area contributed by atoms with Crippen LogP contribution in [0.3, 0.4) is 0 Å². The summed E-state index contributed by atoms with van der Waals surface area (Å²) in [6.45, 7) is 0.963. The molecule has 102 valence electrons. The minimum atomic E-state index is -0.910. The molecule has 0 amide bonds. The van der Waals surface area contributed by atoms with Crippen LogP contribution in [0.5, 0.6) is 11.5 Å². The Morgan fingerprint density at radius 1 is 1.42 bits per heavy atom. The molecular weight excluding hydrogens is 246 g/mol. The lowest BCUT2D eigenvalue weighted by Gasteiger charge is -2.18. The highest BCUT2D eigenvalue weighted by atomic mass is 16.5. The normalized spacial score (nSPS) is 9.95. The minimum Gasteiger partial charge on any atom is -0.493 e. The van der Waals surface area contributed by atoms with Crippen molar-refractivity contribution < 1.29 is 19.4 Å². The van der Waals surface area contributed by atoms with Crippen LogP contribution in [0.25, 0.3) is 0 Å². The van der Waals surface area contributed by atoms with E-state index < -0.39 is 5.97 Å². The van der Waals surface area contributed by atoms with E-state index in [-0.39, 0.29) is 13.1 Å². The number of hydrogen-bond acceptors (Lipinski definition) is 4. The van der Waals surface area contributed by atoms with Gasteiger partial charge in [0.05, 0.1) is 20.2 Å². The maximum Gasteiger partial charge on any atom is 0.317 e. The molecule has 1 rings (SSSR count). The zero-order valence-electron chi connectivity index (χ0n) is 10.8. The standard InChI is InChI=1S/C14H17NO4/c1-3-8-15(11-14(16)17)9-10-19-13-7-5-4-6-12(13)18-2/h1,4-7H,8-11H2,2H3,(H,16,17). The van der Waals surface area contributed by atoms with Crippen molar-refractivity contribution in [2.75, 3.05) is 33.4 Å². The van der Waals surface area contributed by atoms with Crippen LogP contribution < -0.4 is 9.47 Å². The second-order valence-corrected chi connectivity index (χ2v) is 3.81. The fourth-order valence-electron chi connectivity index (χ4n) is 1.56. The molecule has 0 aliphatic rings. The predicted molar refractivity (Wildman–Crippen MR) is 71.4 cm³/mol. The molecule has 0 fully saturated rings. The Kier molecular flexibility index (Phi) is 6.27. The number of aliphatic carboxylic acids is 1. The zero-order chi connectivity index (χ0) is 14.1. The molecule has 5 nitrogen and oxygen atoms in total. The van der Waals surface area contributed by atoms with E-state index >= 15 is 0 Å². The average Bonchev–Trinajstić information content (AvgIpc) is 2.39. The summed E-state index contributed by atoms with van der Waals surface area (Å²) in [6.07, 6.45) is 5.19. The second kappa shape index (κ2) is 8.01. The molecule has 0 bridgehead atoms. The molecule has 5 heteroatoms. The van der Waals surface area contributed by atoms with Crippen molar-refractivity contribution in [1.29, 1.82) is 0 Å². The van der Waals surface area contributed by atoms with Crippen molar-refractivity contribution in [2.24, 2.45) is 0 Å². The molecule has 0 aliphatic carbocycles. The van der Waals surface area contributed by atoms with E-state index in [1.807, 2.05) is 12.1 Å². The Labute approximate surface area is 112 Å². The van der Waals surface area contributed by atoms with Crippen molar-refractivity contribution in [3.8, 4) is 23.8 Å². The molecule has 0 spiro atoms. The lowest BCUT2D eigenvalue weighted by molar-refractivity contribution is -0.138. The van der Waals surface area contributed by atoms with Crippen molar-refractivity contribution in [3.63, 3.8) is 0 Å². The molecule has 0 heterocycles. The number of benzene rings is 1. The number of carbonyl (C=O) groups is 1. The third-order valence-electron chi connectivity index (χ3n) is 2.41. The van der Waals surface area contributed by atoms with Crippen LogP contribution >= 0.6 is 0 Å². The number of carboxylic acid groups (broad SMARTS) is 1. The Balaban J connectivity index is 2.47. The summed E-state index contributed by atoms with van der Waals surface area (Å²) in [4.78, 5) is 12.3. The summed E-state index contributed by atoms with van der Waals surface area (Å²) in [5.74, 6) is 2.79. The molecule has 0 radical (unpaired) electrons. The van der Waals surface area contributed by atoms with Gasteiger partial charge in [0.25, 0.3) is 0 Å². The van der Waals surface area contributed by atoms with Crippen LogP contribution in [-0.2, 0) is 4.79 Å². The molecular formula is C14H17NO4. The number of ether oxygens (including phenoxy) is 2. The van der Waals surface area contributed by atoms with E-state index in [1.165, 1.54) is 0 Å². The number of methoxy groups -OCH3 is 1. The maximum atomic E-state index is 10.6. The summed E-state index contributed by atoms with van der Waals surface area (Å²) >= 11 is 0. The summed E-state index contributed by atoms with van der Waals surface area (Å²) < 4.78 is 10.7.